The van der Waals surface area contributed by atoms with Crippen LogP contribution in [-0.2, 0) is 24.5 Å². The molecular weight excluding hydrogens is 656 g/mol. The van der Waals surface area contributed by atoms with E-state index in [0.717, 1.165) is 77.3 Å². The lowest BCUT2D eigenvalue weighted by molar-refractivity contribution is -0.619. The minimum Gasteiger partial charge on any atom is -0.759 e. The van der Waals surface area contributed by atoms with E-state index in [1.54, 1.807) is 24.3 Å². The third-order valence-corrected chi connectivity index (χ3v) is 8.17. The van der Waals surface area contributed by atoms with Crippen LogP contribution in [0.4, 0.5) is 11.4 Å². The molecule has 4 heterocycles. The SMILES string of the molecule is Cc1cccc2c1nc1c3cc([N+](=O)[O-])ccc3[nH]c1[n+]2C.Cc1cccc2c1nc1c3cc([N+](=O)[O-])ccc3[nH]c1[n+]2C.O=S(=O)([O-])[O-]. The number of aryl methyl sites for hydroxylation is 4. The molecule has 49 heavy (non-hydrogen) atoms. The second kappa shape index (κ2) is 12.1. The highest BCUT2D eigenvalue weighted by molar-refractivity contribution is 7.79. The summed E-state index contributed by atoms with van der Waals surface area (Å²) in [7, 11) is -1.23. The van der Waals surface area contributed by atoms with Crippen molar-refractivity contribution < 1.29 is 36.5 Å². The van der Waals surface area contributed by atoms with Crippen LogP contribution in [0.15, 0.2) is 72.8 Å². The summed E-state index contributed by atoms with van der Waals surface area (Å²) in [5.74, 6) is 0. The number of nitrogens with one attached hydrogen (secondary N) is 2. The third-order valence-electron chi connectivity index (χ3n) is 8.17. The number of non-ortho nitro benzene ring substituents is 2. The molecule has 0 fully saturated rings. The first-order valence-corrected chi connectivity index (χ1v) is 15.8. The number of fused-ring (bicyclic) bond motifs is 8. The van der Waals surface area contributed by atoms with E-state index in [2.05, 4.69) is 9.97 Å². The van der Waals surface area contributed by atoms with E-state index in [0.29, 0.717) is 0 Å². The number of hydrogen-bond acceptors (Lipinski definition) is 10. The van der Waals surface area contributed by atoms with Gasteiger partial charge in [-0.1, -0.05) is 24.3 Å². The van der Waals surface area contributed by atoms with Crippen molar-refractivity contribution in [1.29, 1.82) is 0 Å². The standard InChI is InChI=1S/2C16H12N4O2.H2O4S/c2*1-9-4-3-5-13-14(9)18-15-11-8-10(20(21)22)6-7-12(11)17-16(15)19(13)2;1-5(2,3)4/h2*3-8H,1-2H3;(H2,1,2,3,4). The van der Waals surface area contributed by atoms with Crippen LogP contribution in [0.5, 0.6) is 0 Å². The first-order valence-electron chi connectivity index (χ1n) is 14.5. The van der Waals surface area contributed by atoms with Gasteiger partial charge in [0.25, 0.3) is 11.4 Å². The molecule has 4 aromatic heterocycles. The van der Waals surface area contributed by atoms with Crippen LogP contribution in [0.2, 0.25) is 0 Å². The average Bonchev–Trinajstić information content (AvgIpc) is 3.60. The number of rotatable bonds is 2. The Balaban J connectivity index is 0.000000150. The zero-order valence-electron chi connectivity index (χ0n) is 26.3. The average molecular weight is 683 g/mol. The van der Waals surface area contributed by atoms with E-state index < -0.39 is 10.4 Å². The summed E-state index contributed by atoms with van der Waals surface area (Å²) in [5.41, 5.74) is 11.1. The summed E-state index contributed by atoms with van der Waals surface area (Å²) in [4.78, 5) is 37.4. The molecule has 17 heteroatoms. The fourth-order valence-electron chi connectivity index (χ4n) is 5.83. The molecule has 0 saturated carbocycles. The lowest BCUT2D eigenvalue weighted by atomic mass is 10.2. The highest BCUT2D eigenvalue weighted by Gasteiger charge is 2.22. The topological polar surface area (TPSA) is 232 Å². The van der Waals surface area contributed by atoms with Gasteiger partial charge in [-0.2, -0.15) is 0 Å². The van der Waals surface area contributed by atoms with Gasteiger partial charge in [-0.05, 0) is 49.2 Å². The maximum absolute atomic E-state index is 11.0. The quantitative estimate of drug-likeness (QED) is 0.0853. The Morgan fingerprint density at radius 1 is 0.633 bits per heavy atom. The summed E-state index contributed by atoms with van der Waals surface area (Å²) < 4.78 is 38.2. The van der Waals surface area contributed by atoms with E-state index in [1.165, 1.54) is 12.1 Å². The van der Waals surface area contributed by atoms with E-state index >= 15 is 0 Å². The molecule has 0 atom stereocenters. The van der Waals surface area contributed by atoms with Crippen molar-refractivity contribution in [2.45, 2.75) is 13.8 Å². The fraction of sp³-hybridized carbons (Fsp3) is 0.125. The summed E-state index contributed by atoms with van der Waals surface area (Å²) in [6, 6.07) is 21.7. The van der Waals surface area contributed by atoms with Crippen LogP contribution < -0.4 is 9.13 Å². The van der Waals surface area contributed by atoms with Crippen LogP contribution in [0.3, 0.4) is 0 Å². The van der Waals surface area contributed by atoms with Gasteiger partial charge in [0.1, 0.15) is 22.1 Å². The predicted molar refractivity (Wildman–Crippen MR) is 178 cm³/mol. The Hall–Kier alpha value is -6.17. The molecule has 0 saturated heterocycles. The monoisotopic (exact) mass is 682 g/mol. The number of aromatic nitrogens is 6. The Morgan fingerprint density at radius 2 is 1.00 bits per heavy atom. The van der Waals surface area contributed by atoms with Crippen molar-refractivity contribution >= 4 is 88.0 Å². The van der Waals surface area contributed by atoms with E-state index in [-0.39, 0.29) is 21.2 Å². The number of nitrogens with zero attached hydrogens (tertiary/aromatic N) is 6. The molecule has 0 aliphatic heterocycles. The van der Waals surface area contributed by atoms with Crippen molar-refractivity contribution in [3.8, 4) is 0 Å². The molecule has 2 N–H and O–H groups in total. The first-order chi connectivity index (χ1) is 23.1. The zero-order valence-corrected chi connectivity index (χ0v) is 27.1. The van der Waals surface area contributed by atoms with Crippen LogP contribution in [-0.4, -0.2) is 47.3 Å². The highest BCUT2D eigenvalue weighted by Crippen LogP contribution is 2.29. The normalized spacial score (nSPS) is 11.6. The number of benzene rings is 4. The summed E-state index contributed by atoms with van der Waals surface area (Å²) in [6.45, 7) is 4.02. The van der Waals surface area contributed by atoms with Crippen LogP contribution >= 0.6 is 0 Å². The van der Waals surface area contributed by atoms with Crippen LogP contribution in [0.25, 0.3) is 66.2 Å². The third kappa shape index (κ3) is 6.16. The van der Waals surface area contributed by atoms with Crippen LogP contribution in [0, 0.1) is 34.1 Å². The van der Waals surface area contributed by atoms with Crippen molar-refractivity contribution in [1.82, 2.24) is 19.9 Å². The number of aromatic amines is 2. The second-order valence-electron chi connectivity index (χ2n) is 11.3. The van der Waals surface area contributed by atoms with Gasteiger partial charge in [-0.3, -0.25) is 28.6 Å². The maximum atomic E-state index is 11.0. The van der Waals surface area contributed by atoms with Crippen molar-refractivity contribution in [3.63, 3.8) is 0 Å². The summed E-state index contributed by atoms with van der Waals surface area (Å²) >= 11 is 0. The molecule has 4 aromatic carbocycles. The molecule has 0 amide bonds. The predicted octanol–water partition coefficient (Wildman–Crippen LogP) is 4.48. The molecule has 8 rings (SSSR count). The largest absolute Gasteiger partial charge is 0.759 e. The Morgan fingerprint density at radius 3 is 1.35 bits per heavy atom. The van der Waals surface area contributed by atoms with E-state index in [4.69, 9.17) is 27.5 Å². The molecule has 0 aliphatic rings. The van der Waals surface area contributed by atoms with Gasteiger partial charge >= 0.3 is 11.3 Å². The van der Waals surface area contributed by atoms with Crippen molar-refractivity contribution in [2.75, 3.05) is 0 Å². The fourth-order valence-corrected chi connectivity index (χ4v) is 5.83. The summed E-state index contributed by atoms with van der Waals surface area (Å²) in [6.07, 6.45) is 0. The van der Waals surface area contributed by atoms with E-state index in [1.807, 2.05) is 73.5 Å². The smallest absolute Gasteiger partial charge is 0.306 e. The van der Waals surface area contributed by atoms with Gasteiger partial charge in [-0.15, -0.1) is 0 Å². The lowest BCUT2D eigenvalue weighted by Gasteiger charge is -2.06. The van der Waals surface area contributed by atoms with Gasteiger partial charge in [0.05, 0.1) is 34.7 Å². The molecular formula is C32H26N8O8S. The van der Waals surface area contributed by atoms with Gasteiger partial charge in [0, 0.05) is 34.7 Å². The van der Waals surface area contributed by atoms with Gasteiger partial charge in [-0.25, -0.2) is 29.1 Å². The van der Waals surface area contributed by atoms with Gasteiger partial charge in [0.2, 0.25) is 0 Å². The zero-order chi connectivity index (χ0) is 35.4. The summed E-state index contributed by atoms with van der Waals surface area (Å²) in [5, 5.41) is 23.5. The van der Waals surface area contributed by atoms with Crippen LogP contribution in [0.1, 0.15) is 11.1 Å². The molecule has 0 unspecified atom stereocenters. The molecule has 248 valence electrons. The van der Waals surface area contributed by atoms with Crippen molar-refractivity contribution in [3.05, 3.63) is 104 Å². The number of nitro groups is 2. The highest BCUT2D eigenvalue weighted by atomic mass is 32.3. The van der Waals surface area contributed by atoms with Gasteiger partial charge in [0.15, 0.2) is 22.1 Å². The lowest BCUT2D eigenvalue weighted by Crippen LogP contribution is -2.31. The molecule has 0 aliphatic carbocycles. The van der Waals surface area contributed by atoms with E-state index in [9.17, 15) is 20.2 Å². The Kier molecular flexibility index (Phi) is 8.11. The Bertz CT molecular complexity index is 2590. The molecule has 16 nitrogen and oxygen atoms in total. The Labute approximate surface area is 276 Å². The van der Waals surface area contributed by atoms with Crippen molar-refractivity contribution in [2.24, 2.45) is 14.1 Å². The molecule has 0 bridgehead atoms. The molecule has 0 radical (unpaired) electrons. The second-order valence-corrected chi connectivity index (χ2v) is 12.1. The maximum Gasteiger partial charge on any atom is 0.306 e. The first kappa shape index (κ1) is 32.8. The molecule has 8 aromatic rings. The number of H-pyrrole nitrogens is 2. The molecule has 0 spiro atoms. The van der Waals surface area contributed by atoms with Gasteiger partial charge < -0.3 is 9.11 Å². The minimum absolute atomic E-state index is 0.0720. The minimum atomic E-state index is -5.17. The number of para-hydroxylation sites is 2. The number of hydrogen-bond donors (Lipinski definition) is 2. The number of nitro benzene ring substituents is 2.